The van der Waals surface area contributed by atoms with Crippen LogP contribution in [0.4, 0.5) is 13.2 Å². The number of amides is 1. The zero-order chi connectivity index (χ0) is 17.2. The van der Waals surface area contributed by atoms with Gasteiger partial charge in [-0.1, -0.05) is 23.7 Å². The third kappa shape index (κ3) is 3.85. The van der Waals surface area contributed by atoms with Crippen LogP contribution in [0.3, 0.4) is 0 Å². The lowest BCUT2D eigenvalue weighted by Crippen LogP contribution is -2.41. The summed E-state index contributed by atoms with van der Waals surface area (Å²) < 4.78 is 44.4. The molecule has 0 aliphatic carbocycles. The van der Waals surface area contributed by atoms with E-state index >= 15 is 0 Å². The van der Waals surface area contributed by atoms with Crippen LogP contribution in [0, 0.1) is 0 Å². The molecule has 0 spiro atoms. The Hall–Kier alpha value is -2.02. The van der Waals surface area contributed by atoms with E-state index in [2.05, 4.69) is 0 Å². The third-order valence-corrected chi connectivity index (χ3v) is 3.57. The summed E-state index contributed by atoms with van der Waals surface area (Å²) in [7, 11) is 0. The molecular weight excluding hydrogens is 335 g/mol. The van der Waals surface area contributed by atoms with Crippen molar-refractivity contribution < 1.29 is 27.5 Å². The monoisotopic (exact) mass is 347 g/mol. The summed E-state index contributed by atoms with van der Waals surface area (Å²) in [6.45, 7) is 1.42. The van der Waals surface area contributed by atoms with E-state index in [-0.39, 0.29) is 13.0 Å². The van der Waals surface area contributed by atoms with Crippen molar-refractivity contribution in [1.82, 2.24) is 5.32 Å². The Balaban J connectivity index is 2.59. The number of ether oxygens (including phenoxy) is 1. The Labute approximate surface area is 135 Å². The summed E-state index contributed by atoms with van der Waals surface area (Å²) >= 11 is 5.77. The van der Waals surface area contributed by atoms with Gasteiger partial charge in [-0.3, -0.25) is 4.79 Å². The van der Waals surface area contributed by atoms with Gasteiger partial charge in [-0.05, 0) is 24.6 Å². The van der Waals surface area contributed by atoms with Crippen molar-refractivity contribution in [2.24, 2.45) is 0 Å². The van der Waals surface area contributed by atoms with Crippen LogP contribution in [-0.2, 0) is 14.3 Å². The van der Waals surface area contributed by atoms with Crippen LogP contribution in [0.15, 0.2) is 35.5 Å². The van der Waals surface area contributed by atoms with Gasteiger partial charge in [-0.15, -0.1) is 0 Å². The number of hydrogen-bond donors (Lipinski definition) is 1. The fraction of sp³-hybridized carbons (Fsp3) is 0.333. The fourth-order valence-electron chi connectivity index (χ4n) is 2.38. The summed E-state index contributed by atoms with van der Waals surface area (Å²) in [5.74, 6) is -2.96. The Kier molecular flexibility index (Phi) is 4.99. The number of hydrogen-bond acceptors (Lipinski definition) is 3. The molecule has 1 aromatic carbocycles. The highest BCUT2D eigenvalue weighted by Gasteiger charge is 2.45. The molecule has 124 valence electrons. The van der Waals surface area contributed by atoms with Crippen molar-refractivity contribution >= 4 is 23.5 Å². The van der Waals surface area contributed by atoms with E-state index in [0.29, 0.717) is 10.6 Å². The average molecular weight is 348 g/mol. The second-order valence-electron chi connectivity index (χ2n) is 4.86. The van der Waals surface area contributed by atoms with Crippen molar-refractivity contribution in [1.29, 1.82) is 0 Å². The van der Waals surface area contributed by atoms with Crippen molar-refractivity contribution in [3.8, 4) is 0 Å². The second-order valence-corrected chi connectivity index (χ2v) is 5.30. The zero-order valence-electron chi connectivity index (χ0n) is 12.0. The number of nitrogens with one attached hydrogen (secondary N) is 1. The summed E-state index contributed by atoms with van der Waals surface area (Å²) in [6, 6.07) is 5.94. The van der Waals surface area contributed by atoms with Gasteiger partial charge in [0.25, 0.3) is 0 Å². The summed E-state index contributed by atoms with van der Waals surface area (Å²) in [4.78, 5) is 23.7. The fourth-order valence-corrected chi connectivity index (χ4v) is 2.50. The van der Waals surface area contributed by atoms with E-state index in [1.165, 1.54) is 31.2 Å². The SMILES string of the molecule is CCOC(=O)C1=C(C(F)(F)F)NC(=O)C[C@H]1c1ccc(Cl)cc1. The minimum absolute atomic E-state index is 0.0746. The maximum absolute atomic E-state index is 13.2. The minimum Gasteiger partial charge on any atom is -0.463 e. The number of halogens is 4. The molecule has 0 aromatic heterocycles. The zero-order valence-corrected chi connectivity index (χ0v) is 12.8. The van der Waals surface area contributed by atoms with E-state index in [0.717, 1.165) is 0 Å². The molecule has 1 heterocycles. The highest BCUT2D eigenvalue weighted by Crippen LogP contribution is 2.39. The molecule has 1 amide bonds. The van der Waals surface area contributed by atoms with Crippen LogP contribution in [-0.4, -0.2) is 24.7 Å². The van der Waals surface area contributed by atoms with E-state index in [4.69, 9.17) is 16.3 Å². The van der Waals surface area contributed by atoms with Gasteiger partial charge in [0.05, 0.1) is 12.2 Å². The molecule has 1 aromatic rings. The normalized spacial score (nSPS) is 18.7. The van der Waals surface area contributed by atoms with Gasteiger partial charge >= 0.3 is 12.1 Å². The number of benzene rings is 1. The molecule has 23 heavy (non-hydrogen) atoms. The first kappa shape index (κ1) is 17.3. The van der Waals surface area contributed by atoms with Crippen molar-refractivity contribution in [3.63, 3.8) is 0 Å². The molecule has 8 heteroatoms. The number of rotatable bonds is 3. The van der Waals surface area contributed by atoms with E-state index in [1.807, 2.05) is 0 Å². The largest absolute Gasteiger partial charge is 0.463 e. The van der Waals surface area contributed by atoms with Crippen LogP contribution in [0.2, 0.25) is 5.02 Å². The predicted molar refractivity (Wildman–Crippen MR) is 76.7 cm³/mol. The lowest BCUT2D eigenvalue weighted by Gasteiger charge is -2.28. The molecule has 0 saturated heterocycles. The molecule has 1 N–H and O–H groups in total. The molecule has 1 aliphatic heterocycles. The lowest BCUT2D eigenvalue weighted by molar-refractivity contribution is -0.142. The van der Waals surface area contributed by atoms with Crippen molar-refractivity contribution in [2.45, 2.75) is 25.4 Å². The maximum Gasteiger partial charge on any atom is 0.431 e. The molecule has 0 radical (unpaired) electrons. The Morgan fingerprint density at radius 2 is 1.96 bits per heavy atom. The number of esters is 1. The number of carbonyl (C=O) groups is 2. The van der Waals surface area contributed by atoms with Gasteiger partial charge < -0.3 is 10.1 Å². The van der Waals surface area contributed by atoms with Gasteiger partial charge in [0.1, 0.15) is 5.70 Å². The molecule has 1 atom stereocenters. The van der Waals surface area contributed by atoms with Crippen LogP contribution < -0.4 is 5.32 Å². The smallest absolute Gasteiger partial charge is 0.431 e. The van der Waals surface area contributed by atoms with Gasteiger partial charge in [0.15, 0.2) is 0 Å². The lowest BCUT2D eigenvalue weighted by atomic mass is 9.84. The number of alkyl halides is 3. The second kappa shape index (κ2) is 6.62. The molecule has 0 unspecified atom stereocenters. The first-order valence-corrected chi connectivity index (χ1v) is 7.15. The van der Waals surface area contributed by atoms with Crippen molar-refractivity contribution in [3.05, 3.63) is 46.1 Å². The van der Waals surface area contributed by atoms with Crippen LogP contribution >= 0.6 is 11.6 Å². The topological polar surface area (TPSA) is 55.4 Å². The maximum atomic E-state index is 13.2. The number of carbonyl (C=O) groups excluding carboxylic acids is 2. The standard InChI is InChI=1S/C15H13ClF3NO3/c1-2-23-14(22)12-10(8-3-5-9(16)6-4-8)7-11(21)20-13(12)15(17,18)19/h3-6,10H,2,7H2,1H3,(H,20,21)/t10-/m0/s1. The van der Waals surface area contributed by atoms with Gasteiger partial charge in [0, 0.05) is 17.4 Å². The Morgan fingerprint density at radius 3 is 2.48 bits per heavy atom. The minimum atomic E-state index is -4.87. The first-order chi connectivity index (χ1) is 10.7. The average Bonchev–Trinajstić information content (AvgIpc) is 2.46. The number of allylic oxidation sites excluding steroid dienone is 1. The molecular formula is C15H13ClF3NO3. The summed E-state index contributed by atoms with van der Waals surface area (Å²) in [6.07, 6.45) is -5.15. The van der Waals surface area contributed by atoms with E-state index in [1.54, 1.807) is 5.32 Å². The van der Waals surface area contributed by atoms with E-state index in [9.17, 15) is 22.8 Å². The van der Waals surface area contributed by atoms with Crippen LogP contribution in [0.25, 0.3) is 0 Å². The van der Waals surface area contributed by atoms with Gasteiger partial charge in [-0.25, -0.2) is 4.79 Å². The predicted octanol–water partition coefficient (Wildman–Crippen LogP) is 3.32. The third-order valence-electron chi connectivity index (χ3n) is 3.32. The Bertz CT molecular complexity index is 653. The molecule has 1 aliphatic rings. The summed E-state index contributed by atoms with van der Waals surface area (Å²) in [5.41, 5.74) is -1.58. The van der Waals surface area contributed by atoms with Gasteiger partial charge in [-0.2, -0.15) is 13.2 Å². The highest BCUT2D eigenvalue weighted by molar-refractivity contribution is 6.30. The quantitative estimate of drug-likeness (QED) is 0.853. The molecule has 0 saturated carbocycles. The van der Waals surface area contributed by atoms with Crippen LogP contribution in [0.5, 0.6) is 0 Å². The molecule has 0 fully saturated rings. The summed E-state index contributed by atoms with van der Waals surface area (Å²) in [5, 5.41) is 2.14. The van der Waals surface area contributed by atoms with Crippen molar-refractivity contribution in [2.75, 3.05) is 6.61 Å². The van der Waals surface area contributed by atoms with Gasteiger partial charge in [0.2, 0.25) is 5.91 Å². The van der Waals surface area contributed by atoms with E-state index < -0.39 is 35.2 Å². The first-order valence-electron chi connectivity index (χ1n) is 6.77. The molecule has 2 rings (SSSR count). The highest BCUT2D eigenvalue weighted by atomic mass is 35.5. The molecule has 4 nitrogen and oxygen atoms in total. The molecule has 0 bridgehead atoms. The van der Waals surface area contributed by atoms with Crippen LogP contribution in [0.1, 0.15) is 24.8 Å². The Morgan fingerprint density at radius 1 is 1.35 bits per heavy atom.